The number of alkyl halides is 3. The quantitative estimate of drug-likeness (QED) is 0.628. The third kappa shape index (κ3) is 1.56. The van der Waals surface area contributed by atoms with E-state index >= 15 is 0 Å². The van der Waals surface area contributed by atoms with Crippen molar-refractivity contribution in [3.05, 3.63) is 0 Å². The van der Waals surface area contributed by atoms with Crippen LogP contribution in [0.5, 0.6) is 0 Å². The molecule has 4 heteroatoms. The number of hydrogen-bond acceptors (Lipinski definition) is 1. The lowest BCUT2D eigenvalue weighted by atomic mass is 9.78. The van der Waals surface area contributed by atoms with Crippen molar-refractivity contribution in [3.8, 4) is 0 Å². The van der Waals surface area contributed by atoms with Crippen LogP contribution in [-0.2, 0) is 0 Å². The molecule has 0 aromatic carbocycles. The summed E-state index contributed by atoms with van der Waals surface area (Å²) >= 11 is 0. The molecular weight excluding hydrogens is 179 g/mol. The van der Waals surface area contributed by atoms with Gasteiger partial charge in [0.2, 0.25) is 0 Å². The Morgan fingerprint density at radius 1 is 1.23 bits per heavy atom. The Bertz CT molecular complexity index is 213. The minimum absolute atomic E-state index is 0.0395. The van der Waals surface area contributed by atoms with E-state index in [0.717, 1.165) is 12.8 Å². The van der Waals surface area contributed by atoms with Gasteiger partial charge >= 0.3 is 6.18 Å². The molecule has 3 atom stereocenters. The second-order valence-corrected chi connectivity index (χ2v) is 4.51. The van der Waals surface area contributed by atoms with Crippen LogP contribution in [0.4, 0.5) is 13.2 Å². The summed E-state index contributed by atoms with van der Waals surface area (Å²) in [6.07, 6.45) is -1.02. The van der Waals surface area contributed by atoms with E-state index in [1.165, 1.54) is 0 Å². The van der Waals surface area contributed by atoms with Crippen molar-refractivity contribution < 1.29 is 13.2 Å². The first-order valence-corrected chi connectivity index (χ1v) is 4.76. The summed E-state index contributed by atoms with van der Waals surface area (Å²) in [5.41, 5.74) is 5.54. The van der Waals surface area contributed by atoms with E-state index in [2.05, 4.69) is 0 Å². The number of hydrogen-bond donors (Lipinski definition) is 1. The lowest BCUT2D eigenvalue weighted by Gasteiger charge is -2.31. The zero-order valence-electron chi connectivity index (χ0n) is 7.40. The highest BCUT2D eigenvalue weighted by Crippen LogP contribution is 2.58. The van der Waals surface area contributed by atoms with Gasteiger partial charge in [-0.2, -0.15) is 13.2 Å². The summed E-state index contributed by atoms with van der Waals surface area (Å²) in [6, 6.07) is 0.0395. The fourth-order valence-corrected chi connectivity index (χ4v) is 2.58. The van der Waals surface area contributed by atoms with Crippen LogP contribution >= 0.6 is 0 Å². The summed E-state index contributed by atoms with van der Waals surface area (Å²) in [6.45, 7) is 0. The Hall–Kier alpha value is -0.250. The van der Waals surface area contributed by atoms with E-state index in [9.17, 15) is 13.2 Å². The van der Waals surface area contributed by atoms with Gasteiger partial charge < -0.3 is 5.73 Å². The molecule has 2 fully saturated rings. The standard InChI is InChI=1S/C9H14F3N/c10-9(11,12)6-2-1-3-8(4-6)5-7(8)13/h6-7H,1-5,13H2. The van der Waals surface area contributed by atoms with Crippen LogP contribution in [0.25, 0.3) is 0 Å². The van der Waals surface area contributed by atoms with Crippen LogP contribution in [0.3, 0.4) is 0 Å². The Kier molecular flexibility index (Phi) is 1.88. The molecule has 0 aromatic rings. The highest BCUT2D eigenvalue weighted by Gasteiger charge is 2.57. The Balaban J connectivity index is 2.01. The third-order valence-electron chi connectivity index (χ3n) is 3.60. The van der Waals surface area contributed by atoms with Crippen molar-refractivity contribution in [2.45, 2.75) is 44.3 Å². The summed E-state index contributed by atoms with van der Waals surface area (Å²) in [4.78, 5) is 0. The van der Waals surface area contributed by atoms with E-state index in [-0.39, 0.29) is 17.9 Å². The number of halogens is 3. The summed E-state index contributed by atoms with van der Waals surface area (Å²) in [5.74, 6) is -1.09. The molecule has 1 nitrogen and oxygen atoms in total. The monoisotopic (exact) mass is 193 g/mol. The van der Waals surface area contributed by atoms with Crippen LogP contribution in [0.2, 0.25) is 0 Å². The molecule has 0 radical (unpaired) electrons. The van der Waals surface area contributed by atoms with Crippen LogP contribution < -0.4 is 5.73 Å². The topological polar surface area (TPSA) is 26.0 Å². The van der Waals surface area contributed by atoms with Gasteiger partial charge in [-0.1, -0.05) is 6.42 Å². The van der Waals surface area contributed by atoms with Crippen LogP contribution in [0.15, 0.2) is 0 Å². The number of nitrogens with two attached hydrogens (primary N) is 1. The molecule has 2 N–H and O–H groups in total. The van der Waals surface area contributed by atoms with Gasteiger partial charge in [0.15, 0.2) is 0 Å². The van der Waals surface area contributed by atoms with Crippen LogP contribution in [0, 0.1) is 11.3 Å². The lowest BCUT2D eigenvalue weighted by molar-refractivity contribution is -0.187. The van der Waals surface area contributed by atoms with Crippen LogP contribution in [0.1, 0.15) is 32.1 Å². The van der Waals surface area contributed by atoms with Gasteiger partial charge in [-0.15, -0.1) is 0 Å². The molecule has 0 heterocycles. The fraction of sp³-hybridized carbons (Fsp3) is 1.00. The third-order valence-corrected chi connectivity index (χ3v) is 3.60. The molecule has 76 valence electrons. The van der Waals surface area contributed by atoms with Gasteiger partial charge in [0.05, 0.1) is 5.92 Å². The molecule has 0 bridgehead atoms. The highest BCUT2D eigenvalue weighted by molar-refractivity contribution is 5.08. The van der Waals surface area contributed by atoms with Crippen molar-refractivity contribution in [2.75, 3.05) is 0 Å². The summed E-state index contributed by atoms with van der Waals surface area (Å²) in [5, 5.41) is 0. The molecule has 2 rings (SSSR count). The Morgan fingerprint density at radius 3 is 2.31 bits per heavy atom. The second-order valence-electron chi connectivity index (χ2n) is 4.51. The highest BCUT2D eigenvalue weighted by atomic mass is 19.4. The van der Waals surface area contributed by atoms with Crippen molar-refractivity contribution in [1.29, 1.82) is 0 Å². The zero-order valence-corrected chi connectivity index (χ0v) is 7.40. The normalized spacial score (nSPS) is 45.2. The average Bonchev–Trinajstić information content (AvgIpc) is 2.59. The van der Waals surface area contributed by atoms with Gasteiger partial charge in [0, 0.05) is 6.04 Å². The van der Waals surface area contributed by atoms with E-state index in [0.29, 0.717) is 12.8 Å². The lowest BCUT2D eigenvalue weighted by Crippen LogP contribution is -2.31. The minimum atomic E-state index is -4.00. The van der Waals surface area contributed by atoms with Crippen molar-refractivity contribution in [1.82, 2.24) is 0 Å². The van der Waals surface area contributed by atoms with Crippen molar-refractivity contribution in [3.63, 3.8) is 0 Å². The summed E-state index contributed by atoms with van der Waals surface area (Å²) < 4.78 is 37.2. The molecule has 0 saturated heterocycles. The van der Waals surface area contributed by atoms with Gasteiger partial charge in [-0.3, -0.25) is 0 Å². The van der Waals surface area contributed by atoms with Gasteiger partial charge in [0.25, 0.3) is 0 Å². The van der Waals surface area contributed by atoms with Gasteiger partial charge in [0.1, 0.15) is 0 Å². The molecule has 2 aliphatic rings. The first kappa shape index (κ1) is 9.31. The molecule has 0 amide bonds. The molecule has 0 aliphatic heterocycles. The fourth-order valence-electron chi connectivity index (χ4n) is 2.58. The summed E-state index contributed by atoms with van der Waals surface area (Å²) in [7, 11) is 0. The van der Waals surface area contributed by atoms with Crippen molar-refractivity contribution in [2.24, 2.45) is 17.1 Å². The SMILES string of the molecule is NC1CC12CCCC(C(F)(F)F)C2. The first-order chi connectivity index (χ1) is 5.94. The molecule has 13 heavy (non-hydrogen) atoms. The van der Waals surface area contributed by atoms with Gasteiger partial charge in [-0.05, 0) is 31.1 Å². The Labute approximate surface area is 75.5 Å². The zero-order chi connectivity index (χ0) is 9.69. The molecule has 2 aliphatic carbocycles. The van der Waals surface area contributed by atoms with E-state index < -0.39 is 12.1 Å². The first-order valence-electron chi connectivity index (χ1n) is 4.76. The van der Waals surface area contributed by atoms with Gasteiger partial charge in [-0.25, -0.2) is 0 Å². The maximum atomic E-state index is 12.4. The predicted molar refractivity (Wildman–Crippen MR) is 43.0 cm³/mol. The van der Waals surface area contributed by atoms with E-state index in [4.69, 9.17) is 5.73 Å². The average molecular weight is 193 g/mol. The smallest absolute Gasteiger partial charge is 0.327 e. The second kappa shape index (κ2) is 2.62. The Morgan fingerprint density at radius 2 is 1.85 bits per heavy atom. The molecule has 1 spiro atoms. The maximum Gasteiger partial charge on any atom is 0.391 e. The van der Waals surface area contributed by atoms with E-state index in [1.807, 2.05) is 0 Å². The molecule has 2 saturated carbocycles. The largest absolute Gasteiger partial charge is 0.391 e. The minimum Gasteiger partial charge on any atom is -0.327 e. The van der Waals surface area contributed by atoms with E-state index in [1.54, 1.807) is 0 Å². The predicted octanol–water partition coefficient (Wildman–Crippen LogP) is 2.46. The molecule has 3 unspecified atom stereocenters. The number of rotatable bonds is 0. The van der Waals surface area contributed by atoms with Crippen molar-refractivity contribution >= 4 is 0 Å². The molecule has 0 aromatic heterocycles. The van der Waals surface area contributed by atoms with Crippen LogP contribution in [-0.4, -0.2) is 12.2 Å². The maximum absolute atomic E-state index is 12.4. The molecular formula is C9H14F3N.